The van der Waals surface area contributed by atoms with Crippen LogP contribution in [-0.2, 0) is 4.79 Å². The van der Waals surface area contributed by atoms with Crippen molar-refractivity contribution in [2.45, 2.75) is 19.9 Å². The van der Waals surface area contributed by atoms with Crippen molar-refractivity contribution < 1.29 is 18.9 Å². The van der Waals surface area contributed by atoms with Gasteiger partial charge in [-0.2, -0.15) is 0 Å². The van der Waals surface area contributed by atoms with Crippen molar-refractivity contribution in [1.29, 1.82) is 0 Å². The number of nitro benzene ring substituents is 1. The van der Waals surface area contributed by atoms with E-state index in [1.165, 1.54) is 17.0 Å². The maximum atomic E-state index is 12.3. The third-order valence-electron chi connectivity index (χ3n) is 3.61. The number of benzene rings is 1. The molecule has 7 nitrogen and oxygen atoms in total. The number of hydrogen-bond donors (Lipinski definition) is 0. The fraction of sp³-hybridized carbons (Fsp3) is 0.176. The lowest BCUT2D eigenvalue weighted by atomic mass is 10.1. The van der Waals surface area contributed by atoms with Crippen LogP contribution < -0.4 is 0 Å². The van der Waals surface area contributed by atoms with Gasteiger partial charge in [0.15, 0.2) is 0 Å². The molecule has 2 amide bonds. The second-order valence-corrected chi connectivity index (χ2v) is 6.61. The number of hydrogen-bond acceptors (Lipinski definition) is 6. The van der Waals surface area contributed by atoms with Gasteiger partial charge in [0.05, 0.1) is 15.4 Å². The van der Waals surface area contributed by atoms with E-state index in [1.54, 1.807) is 44.2 Å². The number of thioether (sulfide) groups is 1. The minimum atomic E-state index is -0.481. The summed E-state index contributed by atoms with van der Waals surface area (Å²) in [6, 6.07) is 9.22. The predicted molar refractivity (Wildman–Crippen MR) is 93.7 cm³/mol. The highest BCUT2D eigenvalue weighted by Crippen LogP contribution is 2.35. The van der Waals surface area contributed by atoms with Crippen molar-refractivity contribution >= 4 is 34.7 Å². The van der Waals surface area contributed by atoms with Gasteiger partial charge in [-0.3, -0.25) is 24.6 Å². The van der Waals surface area contributed by atoms with E-state index in [-0.39, 0.29) is 27.8 Å². The molecule has 0 bridgehead atoms. The number of nitro groups is 1. The number of amides is 2. The van der Waals surface area contributed by atoms with E-state index in [0.717, 1.165) is 11.8 Å². The third kappa shape index (κ3) is 3.20. The van der Waals surface area contributed by atoms with Gasteiger partial charge in [-0.1, -0.05) is 12.1 Å². The average molecular weight is 358 g/mol. The van der Waals surface area contributed by atoms with Crippen LogP contribution in [0.5, 0.6) is 0 Å². The van der Waals surface area contributed by atoms with Crippen LogP contribution in [0.25, 0.3) is 17.4 Å². The summed E-state index contributed by atoms with van der Waals surface area (Å²) < 4.78 is 5.63. The van der Waals surface area contributed by atoms with E-state index >= 15 is 0 Å². The van der Waals surface area contributed by atoms with E-state index < -0.39 is 4.92 Å². The topological polar surface area (TPSA) is 93.7 Å². The Morgan fingerprint density at radius 1 is 1.20 bits per heavy atom. The first kappa shape index (κ1) is 17.0. The van der Waals surface area contributed by atoms with Gasteiger partial charge in [0.1, 0.15) is 11.5 Å². The molecule has 0 atom stereocenters. The standard InChI is InChI=1S/C17H14N2O5S/c1-10(2)18-16(20)15(25-17(18)21)9-11-7-8-14(24-11)12-5-3-4-6-13(12)19(22)23/h3-10H,1-2H3/b15-9-. The van der Waals surface area contributed by atoms with Gasteiger partial charge in [-0.15, -0.1) is 0 Å². The zero-order valence-corrected chi connectivity index (χ0v) is 14.3. The molecule has 1 aromatic heterocycles. The Labute approximate surface area is 147 Å². The number of imide groups is 1. The van der Waals surface area contributed by atoms with Crippen LogP contribution in [0.15, 0.2) is 45.7 Å². The van der Waals surface area contributed by atoms with E-state index in [1.807, 2.05) is 0 Å². The van der Waals surface area contributed by atoms with Crippen LogP contribution in [0.2, 0.25) is 0 Å². The first-order chi connectivity index (χ1) is 11.9. The third-order valence-corrected chi connectivity index (χ3v) is 4.49. The van der Waals surface area contributed by atoms with Gasteiger partial charge in [-0.25, -0.2) is 0 Å². The molecule has 128 valence electrons. The number of carbonyl (C=O) groups is 2. The Balaban J connectivity index is 1.92. The molecule has 1 saturated heterocycles. The Kier molecular flexibility index (Phi) is 4.45. The average Bonchev–Trinajstić information content (AvgIpc) is 3.12. The van der Waals surface area contributed by atoms with Crippen molar-refractivity contribution in [3.8, 4) is 11.3 Å². The Morgan fingerprint density at radius 2 is 1.92 bits per heavy atom. The van der Waals surface area contributed by atoms with E-state index in [2.05, 4.69) is 0 Å². The van der Waals surface area contributed by atoms with Crippen LogP contribution >= 0.6 is 11.8 Å². The van der Waals surface area contributed by atoms with E-state index in [0.29, 0.717) is 17.1 Å². The smallest absolute Gasteiger partial charge is 0.293 e. The molecule has 8 heteroatoms. The van der Waals surface area contributed by atoms with Gasteiger partial charge >= 0.3 is 0 Å². The Hall–Kier alpha value is -2.87. The molecule has 0 saturated carbocycles. The van der Waals surface area contributed by atoms with Crippen molar-refractivity contribution in [1.82, 2.24) is 4.90 Å². The molecular weight excluding hydrogens is 344 g/mol. The highest BCUT2D eigenvalue weighted by molar-refractivity contribution is 8.18. The SMILES string of the molecule is CC(C)N1C(=O)S/C(=C\c2ccc(-c3ccccc3[N+](=O)[O-])o2)C1=O. The summed E-state index contributed by atoms with van der Waals surface area (Å²) in [7, 11) is 0. The van der Waals surface area contributed by atoms with E-state index in [4.69, 9.17) is 4.42 Å². The summed E-state index contributed by atoms with van der Waals surface area (Å²) in [4.78, 5) is 36.3. The molecule has 0 N–H and O–H groups in total. The zero-order chi connectivity index (χ0) is 18.1. The lowest BCUT2D eigenvalue weighted by molar-refractivity contribution is -0.384. The number of nitrogens with zero attached hydrogens (tertiary/aromatic N) is 2. The van der Waals surface area contributed by atoms with Crippen LogP contribution in [0.3, 0.4) is 0 Å². The molecule has 1 aliphatic rings. The molecule has 1 fully saturated rings. The predicted octanol–water partition coefficient (Wildman–Crippen LogP) is 4.30. The molecule has 1 aromatic carbocycles. The van der Waals surface area contributed by atoms with Gasteiger partial charge < -0.3 is 4.42 Å². The first-order valence-electron chi connectivity index (χ1n) is 7.49. The molecule has 0 aliphatic carbocycles. The fourth-order valence-electron chi connectivity index (χ4n) is 2.47. The molecule has 0 unspecified atom stereocenters. The molecule has 2 heterocycles. The highest BCUT2D eigenvalue weighted by atomic mass is 32.2. The molecule has 3 rings (SSSR count). The Morgan fingerprint density at radius 3 is 2.56 bits per heavy atom. The summed E-state index contributed by atoms with van der Waals surface area (Å²) in [6.07, 6.45) is 1.48. The van der Waals surface area contributed by atoms with Gasteiger partial charge in [-0.05, 0) is 43.8 Å². The molecule has 25 heavy (non-hydrogen) atoms. The van der Waals surface area contributed by atoms with Crippen molar-refractivity contribution in [3.05, 3.63) is 57.2 Å². The molecule has 1 aliphatic heterocycles. The second kappa shape index (κ2) is 6.56. The second-order valence-electron chi connectivity index (χ2n) is 5.62. The lowest BCUT2D eigenvalue weighted by Gasteiger charge is -2.16. The fourth-order valence-corrected chi connectivity index (χ4v) is 3.41. The first-order valence-corrected chi connectivity index (χ1v) is 8.31. The monoisotopic (exact) mass is 358 g/mol. The number of rotatable bonds is 4. The van der Waals surface area contributed by atoms with Gasteiger partial charge in [0.25, 0.3) is 16.8 Å². The normalized spacial score (nSPS) is 16.3. The van der Waals surface area contributed by atoms with Crippen molar-refractivity contribution in [2.75, 3.05) is 0 Å². The van der Waals surface area contributed by atoms with Crippen molar-refractivity contribution in [2.24, 2.45) is 0 Å². The minimum absolute atomic E-state index is 0.0662. The maximum absolute atomic E-state index is 12.3. The molecule has 0 radical (unpaired) electrons. The largest absolute Gasteiger partial charge is 0.456 e. The summed E-state index contributed by atoms with van der Waals surface area (Å²) in [5.74, 6) is 0.303. The summed E-state index contributed by atoms with van der Waals surface area (Å²) >= 11 is 0.848. The summed E-state index contributed by atoms with van der Waals surface area (Å²) in [6.45, 7) is 3.53. The zero-order valence-electron chi connectivity index (χ0n) is 13.5. The molecule has 0 spiro atoms. The van der Waals surface area contributed by atoms with Gasteiger partial charge in [0.2, 0.25) is 0 Å². The van der Waals surface area contributed by atoms with Crippen LogP contribution in [0.1, 0.15) is 19.6 Å². The van der Waals surface area contributed by atoms with E-state index in [9.17, 15) is 19.7 Å². The van der Waals surface area contributed by atoms with Crippen molar-refractivity contribution in [3.63, 3.8) is 0 Å². The maximum Gasteiger partial charge on any atom is 0.293 e. The number of carbonyl (C=O) groups excluding carboxylic acids is 2. The number of para-hydroxylation sites is 1. The Bertz CT molecular complexity index is 900. The summed E-state index contributed by atoms with van der Waals surface area (Å²) in [5, 5.41) is 10.8. The molecular formula is C17H14N2O5S. The van der Waals surface area contributed by atoms with Crippen LogP contribution in [0.4, 0.5) is 10.5 Å². The van der Waals surface area contributed by atoms with Gasteiger partial charge in [0, 0.05) is 18.2 Å². The summed E-state index contributed by atoms with van der Waals surface area (Å²) in [5.41, 5.74) is 0.283. The molecule has 2 aromatic rings. The van der Waals surface area contributed by atoms with Crippen LogP contribution in [-0.4, -0.2) is 27.0 Å². The quantitative estimate of drug-likeness (QED) is 0.459. The minimum Gasteiger partial charge on any atom is -0.456 e. The number of furan rings is 1. The van der Waals surface area contributed by atoms with Crippen LogP contribution in [0, 0.1) is 10.1 Å². The lowest BCUT2D eigenvalue weighted by Crippen LogP contribution is -2.34. The highest BCUT2D eigenvalue weighted by Gasteiger charge is 2.36.